The van der Waals surface area contributed by atoms with Crippen molar-refractivity contribution < 1.29 is 4.74 Å². The van der Waals surface area contributed by atoms with Crippen LogP contribution < -0.4 is 4.90 Å². The average Bonchev–Trinajstić information content (AvgIpc) is 2.67. The average molecular weight is 354 g/mol. The quantitative estimate of drug-likeness (QED) is 0.758. The van der Waals surface area contributed by atoms with Gasteiger partial charge in [-0.25, -0.2) is 0 Å². The molecule has 4 heteroatoms. The van der Waals surface area contributed by atoms with Crippen molar-refractivity contribution in [3.63, 3.8) is 0 Å². The van der Waals surface area contributed by atoms with Crippen LogP contribution in [-0.4, -0.2) is 56.2 Å². The molecule has 0 bridgehead atoms. The van der Waals surface area contributed by atoms with Gasteiger partial charge in [-0.15, -0.1) is 0 Å². The summed E-state index contributed by atoms with van der Waals surface area (Å²) in [5.74, 6) is 1.15. The van der Waals surface area contributed by atoms with Crippen LogP contribution in [0.2, 0.25) is 0 Å². The SMILES string of the molecule is COC1C=C2CCC(C)(C)CC2N=C1N1CCN(c2ccccc2)CC1. The zero-order valence-electron chi connectivity index (χ0n) is 16.3. The predicted octanol–water partition coefficient (Wildman–Crippen LogP) is 3.74. The number of amidine groups is 1. The van der Waals surface area contributed by atoms with E-state index in [0.29, 0.717) is 11.5 Å². The van der Waals surface area contributed by atoms with Gasteiger partial charge >= 0.3 is 0 Å². The number of para-hydroxylation sites is 1. The Hall–Kier alpha value is -1.81. The van der Waals surface area contributed by atoms with E-state index in [-0.39, 0.29) is 6.10 Å². The molecule has 2 heterocycles. The minimum absolute atomic E-state index is 0.0192. The molecule has 1 aliphatic carbocycles. The minimum Gasteiger partial charge on any atom is -0.369 e. The Balaban J connectivity index is 1.47. The molecule has 0 radical (unpaired) electrons. The number of methoxy groups -OCH3 is 1. The predicted molar refractivity (Wildman–Crippen MR) is 108 cm³/mol. The largest absolute Gasteiger partial charge is 0.369 e. The normalized spacial score (nSPS) is 28.3. The molecule has 0 amide bonds. The lowest BCUT2D eigenvalue weighted by atomic mass is 9.72. The molecule has 0 N–H and O–H groups in total. The number of aliphatic imine (C=N–C) groups is 1. The number of fused-ring (bicyclic) bond motifs is 1. The second kappa shape index (κ2) is 7.07. The van der Waals surface area contributed by atoms with E-state index in [4.69, 9.17) is 9.73 Å². The highest BCUT2D eigenvalue weighted by atomic mass is 16.5. The fourth-order valence-corrected chi connectivity index (χ4v) is 4.50. The summed E-state index contributed by atoms with van der Waals surface area (Å²) in [7, 11) is 1.81. The number of hydrogen-bond donors (Lipinski definition) is 0. The highest BCUT2D eigenvalue weighted by Crippen LogP contribution is 2.41. The first kappa shape index (κ1) is 17.6. The molecule has 2 aliphatic heterocycles. The smallest absolute Gasteiger partial charge is 0.133 e. The molecule has 2 unspecified atom stereocenters. The number of dihydropyridines is 1. The third-order valence-electron chi connectivity index (χ3n) is 6.15. The van der Waals surface area contributed by atoms with Gasteiger partial charge in [0.1, 0.15) is 11.9 Å². The molecule has 1 aromatic rings. The molecular formula is C22H31N3O. The summed E-state index contributed by atoms with van der Waals surface area (Å²) in [5.41, 5.74) is 3.20. The Morgan fingerprint density at radius 1 is 1.04 bits per heavy atom. The number of nitrogens with zero attached hydrogens (tertiary/aromatic N) is 3. The summed E-state index contributed by atoms with van der Waals surface area (Å²) < 4.78 is 5.81. The van der Waals surface area contributed by atoms with Crippen molar-refractivity contribution in [2.75, 3.05) is 38.2 Å². The van der Waals surface area contributed by atoms with Gasteiger partial charge in [0.05, 0.1) is 6.04 Å². The molecule has 3 aliphatic rings. The van der Waals surface area contributed by atoms with Gasteiger partial charge in [-0.3, -0.25) is 4.99 Å². The standard InChI is InChI=1S/C22H31N3O/c1-22(2)10-9-17-15-20(26-3)21(23-19(17)16-22)25-13-11-24(12-14-25)18-7-5-4-6-8-18/h4-8,15,19-20H,9-14,16H2,1-3H3. The number of anilines is 1. The summed E-state index contributed by atoms with van der Waals surface area (Å²) in [6.07, 6.45) is 5.95. The minimum atomic E-state index is 0.0192. The van der Waals surface area contributed by atoms with Gasteiger partial charge in [0.25, 0.3) is 0 Å². The molecule has 2 atom stereocenters. The van der Waals surface area contributed by atoms with E-state index in [2.05, 4.69) is 60.1 Å². The van der Waals surface area contributed by atoms with Crippen molar-refractivity contribution >= 4 is 11.5 Å². The van der Waals surface area contributed by atoms with E-state index in [0.717, 1.165) is 44.9 Å². The highest BCUT2D eigenvalue weighted by molar-refractivity contribution is 5.90. The van der Waals surface area contributed by atoms with Gasteiger partial charge in [-0.2, -0.15) is 0 Å². The lowest BCUT2D eigenvalue weighted by Crippen LogP contribution is -2.53. The summed E-state index contributed by atoms with van der Waals surface area (Å²) in [6.45, 7) is 8.83. The van der Waals surface area contributed by atoms with Crippen molar-refractivity contribution in [1.82, 2.24) is 4.90 Å². The monoisotopic (exact) mass is 353 g/mol. The first-order valence-corrected chi connectivity index (χ1v) is 9.92. The maximum Gasteiger partial charge on any atom is 0.133 e. The van der Waals surface area contributed by atoms with Gasteiger partial charge in [-0.1, -0.05) is 32.0 Å². The zero-order valence-corrected chi connectivity index (χ0v) is 16.3. The Labute approximate surface area is 157 Å². The fourth-order valence-electron chi connectivity index (χ4n) is 4.50. The van der Waals surface area contributed by atoms with E-state index >= 15 is 0 Å². The second-order valence-corrected chi connectivity index (χ2v) is 8.58. The molecule has 4 rings (SSSR count). The van der Waals surface area contributed by atoms with Crippen molar-refractivity contribution in [1.29, 1.82) is 0 Å². The fraction of sp³-hybridized carbons (Fsp3) is 0.591. The number of piperazine rings is 1. The van der Waals surface area contributed by atoms with Crippen molar-refractivity contribution in [3.05, 3.63) is 42.0 Å². The summed E-state index contributed by atoms with van der Waals surface area (Å²) in [4.78, 5) is 10.1. The number of rotatable bonds is 2. The van der Waals surface area contributed by atoms with Crippen LogP contribution in [0, 0.1) is 5.41 Å². The van der Waals surface area contributed by atoms with Gasteiger partial charge in [-0.05, 0) is 48.5 Å². The van der Waals surface area contributed by atoms with Gasteiger partial charge in [0.2, 0.25) is 0 Å². The maximum atomic E-state index is 5.81. The Morgan fingerprint density at radius 3 is 2.42 bits per heavy atom. The Morgan fingerprint density at radius 2 is 1.73 bits per heavy atom. The zero-order chi connectivity index (χ0) is 18.1. The molecule has 26 heavy (non-hydrogen) atoms. The maximum absolute atomic E-state index is 5.81. The highest BCUT2D eigenvalue weighted by Gasteiger charge is 2.36. The van der Waals surface area contributed by atoms with E-state index in [1.54, 1.807) is 0 Å². The molecule has 140 valence electrons. The molecular weight excluding hydrogens is 322 g/mol. The van der Waals surface area contributed by atoms with Crippen LogP contribution in [0.4, 0.5) is 5.69 Å². The molecule has 4 nitrogen and oxygen atoms in total. The van der Waals surface area contributed by atoms with Crippen molar-refractivity contribution in [2.45, 2.75) is 45.3 Å². The van der Waals surface area contributed by atoms with E-state index < -0.39 is 0 Å². The van der Waals surface area contributed by atoms with Gasteiger partial charge < -0.3 is 14.5 Å². The molecule has 2 fully saturated rings. The van der Waals surface area contributed by atoms with Crippen LogP contribution in [0.1, 0.15) is 33.1 Å². The second-order valence-electron chi connectivity index (χ2n) is 8.58. The van der Waals surface area contributed by atoms with E-state index in [1.165, 1.54) is 17.7 Å². The molecule has 0 aromatic heterocycles. The van der Waals surface area contributed by atoms with Crippen LogP contribution in [0.15, 0.2) is 47.0 Å². The van der Waals surface area contributed by atoms with E-state index in [1.807, 2.05) is 7.11 Å². The van der Waals surface area contributed by atoms with Crippen molar-refractivity contribution in [2.24, 2.45) is 10.4 Å². The van der Waals surface area contributed by atoms with Gasteiger partial charge in [0, 0.05) is 39.0 Å². The summed E-state index contributed by atoms with van der Waals surface area (Å²) in [6, 6.07) is 11.1. The van der Waals surface area contributed by atoms with Crippen LogP contribution in [-0.2, 0) is 4.74 Å². The van der Waals surface area contributed by atoms with Gasteiger partial charge in [0.15, 0.2) is 0 Å². The molecule has 0 spiro atoms. The number of hydrogen-bond acceptors (Lipinski definition) is 4. The lowest BCUT2D eigenvalue weighted by molar-refractivity contribution is 0.166. The topological polar surface area (TPSA) is 28.1 Å². The Kier molecular flexibility index (Phi) is 4.78. The van der Waals surface area contributed by atoms with Crippen LogP contribution in [0.25, 0.3) is 0 Å². The lowest BCUT2D eigenvalue weighted by Gasteiger charge is -2.43. The van der Waals surface area contributed by atoms with Crippen LogP contribution in [0.3, 0.4) is 0 Å². The first-order valence-electron chi connectivity index (χ1n) is 9.92. The first-order chi connectivity index (χ1) is 12.6. The molecule has 1 saturated heterocycles. The van der Waals surface area contributed by atoms with Crippen LogP contribution >= 0.6 is 0 Å². The number of ether oxygens (including phenoxy) is 1. The third kappa shape index (κ3) is 3.52. The van der Waals surface area contributed by atoms with Crippen LogP contribution in [0.5, 0.6) is 0 Å². The molecule has 1 saturated carbocycles. The third-order valence-corrected chi connectivity index (χ3v) is 6.15. The van der Waals surface area contributed by atoms with E-state index in [9.17, 15) is 0 Å². The number of benzene rings is 1. The summed E-state index contributed by atoms with van der Waals surface area (Å²) in [5, 5.41) is 0. The summed E-state index contributed by atoms with van der Waals surface area (Å²) >= 11 is 0. The molecule has 1 aromatic carbocycles. The van der Waals surface area contributed by atoms with Crippen molar-refractivity contribution in [3.8, 4) is 0 Å². The Bertz CT molecular complexity index is 687.